The first-order valence-electron chi connectivity index (χ1n) is 9.02. The van der Waals surface area contributed by atoms with Crippen LogP contribution >= 0.6 is 24.0 Å². The fraction of sp³-hybridized carbons (Fsp3) is 0.130. The molecule has 3 nitrogen and oxygen atoms in total. The molecule has 0 bridgehead atoms. The molecule has 3 aromatic carbocycles. The number of rotatable bonds is 3. The molecule has 5 heteroatoms. The van der Waals surface area contributed by atoms with Gasteiger partial charge in [0.05, 0.1) is 16.9 Å². The largest absolute Gasteiger partial charge is 0.353 e. The Labute approximate surface area is 176 Å². The average Bonchev–Trinajstić information content (AvgIpc) is 2.85. The maximum atomic E-state index is 5.04. The van der Waals surface area contributed by atoms with Crippen LogP contribution in [0.1, 0.15) is 16.7 Å². The number of nitrogens with one attached hydrogen (secondary N) is 2. The monoisotopic (exact) mass is 405 g/mol. The van der Waals surface area contributed by atoms with Gasteiger partial charge in [-0.25, -0.2) is 4.99 Å². The minimum atomic E-state index is 0.952. The maximum absolute atomic E-state index is 5.04. The predicted molar refractivity (Wildman–Crippen MR) is 126 cm³/mol. The van der Waals surface area contributed by atoms with Gasteiger partial charge in [0.15, 0.2) is 0 Å². The molecule has 4 rings (SSSR count). The van der Waals surface area contributed by atoms with Gasteiger partial charge in [0, 0.05) is 26.6 Å². The van der Waals surface area contributed by atoms with Crippen molar-refractivity contribution >= 4 is 46.6 Å². The van der Waals surface area contributed by atoms with Gasteiger partial charge in [-0.3, -0.25) is 0 Å². The molecule has 2 N–H and O–H groups in total. The highest BCUT2D eigenvalue weighted by atomic mass is 32.2. The van der Waals surface area contributed by atoms with E-state index in [2.05, 4.69) is 72.2 Å². The predicted octanol–water partition coefficient (Wildman–Crippen LogP) is 5.83. The van der Waals surface area contributed by atoms with E-state index in [1.165, 1.54) is 21.5 Å². The van der Waals surface area contributed by atoms with Crippen LogP contribution in [0, 0.1) is 6.92 Å². The van der Waals surface area contributed by atoms with Crippen LogP contribution in [0.2, 0.25) is 0 Å². The molecular formula is C23H23N3S2. The highest BCUT2D eigenvalue weighted by molar-refractivity contribution is 7.99. The molecule has 0 saturated heterocycles. The first kappa shape index (κ1) is 20.3. The van der Waals surface area contributed by atoms with Crippen LogP contribution in [0.4, 0.5) is 11.4 Å². The number of thiocarbonyl (C=S) groups is 1. The van der Waals surface area contributed by atoms with Crippen LogP contribution in [-0.2, 0) is 0 Å². The van der Waals surface area contributed by atoms with Crippen molar-refractivity contribution in [1.29, 1.82) is 0 Å². The van der Waals surface area contributed by atoms with Crippen molar-refractivity contribution in [3.63, 3.8) is 0 Å². The zero-order valence-electron chi connectivity index (χ0n) is 16.2. The lowest BCUT2D eigenvalue weighted by Gasteiger charge is -2.09. The van der Waals surface area contributed by atoms with E-state index >= 15 is 0 Å². The number of fused-ring (bicyclic) bond motifs is 2. The normalized spacial score (nSPS) is 11.8. The molecule has 0 fully saturated rings. The zero-order valence-corrected chi connectivity index (χ0v) is 17.8. The van der Waals surface area contributed by atoms with Crippen molar-refractivity contribution in [2.75, 3.05) is 19.4 Å². The summed E-state index contributed by atoms with van der Waals surface area (Å²) >= 11 is 6.66. The van der Waals surface area contributed by atoms with Gasteiger partial charge in [0.2, 0.25) is 0 Å². The molecular weight excluding hydrogens is 382 g/mol. The molecule has 3 aromatic rings. The molecule has 0 aromatic heterocycles. The Bertz CT molecular complexity index is 1010. The lowest BCUT2D eigenvalue weighted by Crippen LogP contribution is -2.04. The molecule has 1 aliphatic heterocycles. The Morgan fingerprint density at radius 1 is 0.929 bits per heavy atom. The van der Waals surface area contributed by atoms with E-state index in [0.29, 0.717) is 0 Å². The van der Waals surface area contributed by atoms with Crippen molar-refractivity contribution in [3.8, 4) is 0 Å². The maximum Gasteiger partial charge on any atom is 0.0797 e. The van der Waals surface area contributed by atoms with Crippen LogP contribution in [0.25, 0.3) is 0 Å². The number of benzene rings is 3. The molecule has 0 atom stereocenters. The lowest BCUT2D eigenvalue weighted by atomic mass is 10.0. The van der Waals surface area contributed by atoms with Gasteiger partial charge in [-0.05, 0) is 51.4 Å². The van der Waals surface area contributed by atoms with E-state index in [0.717, 1.165) is 27.5 Å². The van der Waals surface area contributed by atoms with Crippen LogP contribution in [0.15, 0.2) is 81.5 Å². The molecule has 142 valence electrons. The summed E-state index contributed by atoms with van der Waals surface area (Å²) in [6.07, 6.45) is 0. The summed E-state index contributed by atoms with van der Waals surface area (Å²) in [5.41, 5.74) is 7.96. The summed E-state index contributed by atoms with van der Waals surface area (Å²) in [4.78, 5) is 7.41. The van der Waals surface area contributed by atoms with Gasteiger partial charge in [-0.1, -0.05) is 65.9 Å². The standard InChI is InChI=1S/C21H16N2S2.C2H7N/c1-14-5-4-6-15(11-14)21-17-7-2-3-8-19(17)25-20-10-9-16(22-13-24)12-18(20)23-21;1-3-2/h2-13H,1H3,(H,22,24);3H,1-2H3. The first-order valence-corrected chi connectivity index (χ1v) is 10.3. The molecule has 28 heavy (non-hydrogen) atoms. The number of hydrogen-bond donors (Lipinski definition) is 2. The molecule has 0 radical (unpaired) electrons. The Kier molecular flexibility index (Phi) is 6.98. The minimum absolute atomic E-state index is 0.952. The number of hydrogen-bond acceptors (Lipinski definition) is 4. The van der Waals surface area contributed by atoms with Gasteiger partial charge in [-0.15, -0.1) is 0 Å². The zero-order chi connectivity index (χ0) is 19.9. The topological polar surface area (TPSA) is 36.4 Å². The Balaban J connectivity index is 0.000000706. The number of anilines is 1. The van der Waals surface area contributed by atoms with E-state index in [1.54, 1.807) is 11.8 Å². The lowest BCUT2D eigenvalue weighted by molar-refractivity contribution is 1.02. The van der Waals surface area contributed by atoms with Crippen molar-refractivity contribution in [2.24, 2.45) is 4.99 Å². The third kappa shape index (κ3) is 4.68. The summed E-state index contributed by atoms with van der Waals surface area (Å²) < 4.78 is 0. The van der Waals surface area contributed by atoms with E-state index in [1.807, 2.05) is 26.2 Å². The highest BCUT2D eigenvalue weighted by Gasteiger charge is 2.18. The van der Waals surface area contributed by atoms with Crippen LogP contribution in [-0.4, -0.2) is 25.3 Å². The van der Waals surface area contributed by atoms with Crippen molar-refractivity contribution in [1.82, 2.24) is 5.32 Å². The number of aliphatic imine (C=N–C) groups is 1. The average molecular weight is 406 g/mol. The first-order chi connectivity index (χ1) is 13.7. The quantitative estimate of drug-likeness (QED) is 0.420. The molecule has 0 aliphatic carbocycles. The van der Waals surface area contributed by atoms with Crippen molar-refractivity contribution in [3.05, 3.63) is 83.4 Å². The summed E-state index contributed by atoms with van der Waals surface area (Å²) in [6, 6.07) is 23.1. The van der Waals surface area contributed by atoms with E-state index in [9.17, 15) is 0 Å². The molecule has 1 aliphatic rings. The van der Waals surface area contributed by atoms with Crippen LogP contribution < -0.4 is 10.6 Å². The van der Waals surface area contributed by atoms with Crippen molar-refractivity contribution in [2.45, 2.75) is 16.7 Å². The van der Waals surface area contributed by atoms with E-state index in [-0.39, 0.29) is 0 Å². The molecule has 0 spiro atoms. The number of aryl methyl sites for hydroxylation is 1. The summed E-state index contributed by atoms with van der Waals surface area (Å²) in [5, 5.41) is 5.82. The fourth-order valence-corrected chi connectivity index (χ4v) is 4.05. The third-order valence-electron chi connectivity index (χ3n) is 4.07. The molecule has 0 unspecified atom stereocenters. The van der Waals surface area contributed by atoms with Crippen molar-refractivity contribution < 1.29 is 0 Å². The Morgan fingerprint density at radius 3 is 2.46 bits per heavy atom. The second-order valence-corrected chi connectivity index (χ2v) is 7.69. The smallest absolute Gasteiger partial charge is 0.0797 e. The summed E-state index contributed by atoms with van der Waals surface area (Å²) in [7, 11) is 3.75. The summed E-state index contributed by atoms with van der Waals surface area (Å²) in [6.45, 7) is 2.11. The molecule has 0 saturated carbocycles. The van der Waals surface area contributed by atoms with Gasteiger partial charge >= 0.3 is 0 Å². The Hall–Kier alpha value is -2.47. The van der Waals surface area contributed by atoms with Crippen LogP contribution in [0.5, 0.6) is 0 Å². The van der Waals surface area contributed by atoms with Crippen LogP contribution in [0.3, 0.4) is 0 Å². The second kappa shape index (κ2) is 9.64. The minimum Gasteiger partial charge on any atom is -0.353 e. The SMILES string of the molecule is CNC.Cc1cccc(C2=Nc3cc(NC=S)ccc3Sc3ccccc32)c1. The highest BCUT2D eigenvalue weighted by Crippen LogP contribution is 2.42. The van der Waals surface area contributed by atoms with Gasteiger partial charge in [0.25, 0.3) is 0 Å². The van der Waals surface area contributed by atoms with Gasteiger partial charge in [-0.2, -0.15) is 0 Å². The number of nitrogens with zero attached hydrogens (tertiary/aromatic N) is 1. The van der Waals surface area contributed by atoms with Gasteiger partial charge in [0.1, 0.15) is 0 Å². The van der Waals surface area contributed by atoms with E-state index < -0.39 is 0 Å². The fourth-order valence-electron chi connectivity index (χ4n) is 2.91. The molecule has 0 amide bonds. The second-order valence-electron chi connectivity index (χ2n) is 6.37. The third-order valence-corrected chi connectivity index (χ3v) is 5.33. The summed E-state index contributed by atoms with van der Waals surface area (Å²) in [5.74, 6) is 0. The van der Waals surface area contributed by atoms with Gasteiger partial charge < -0.3 is 10.6 Å². The Morgan fingerprint density at radius 2 is 1.71 bits per heavy atom. The molecule has 1 heterocycles. The van der Waals surface area contributed by atoms with E-state index in [4.69, 9.17) is 17.2 Å².